The third-order valence-corrected chi connectivity index (χ3v) is 5.11. The minimum absolute atomic E-state index is 0.153. The molecule has 0 amide bonds. The Hall–Kier alpha value is -3.29. The van der Waals surface area contributed by atoms with Crippen LogP contribution >= 0.6 is 23.2 Å². The topological polar surface area (TPSA) is 78.0 Å². The molecule has 0 fully saturated rings. The Bertz CT molecular complexity index is 1410. The van der Waals surface area contributed by atoms with Gasteiger partial charge in [-0.15, -0.1) is 10.2 Å². The van der Waals surface area contributed by atoms with Crippen LogP contribution in [-0.4, -0.2) is 29.4 Å². The lowest BCUT2D eigenvalue weighted by Crippen LogP contribution is -2.23. The van der Waals surface area contributed by atoms with Crippen molar-refractivity contribution in [2.75, 3.05) is 0 Å². The second-order valence-corrected chi connectivity index (χ2v) is 7.35. The molecule has 142 valence electrons. The highest BCUT2D eigenvalue weighted by Gasteiger charge is 2.15. The molecule has 0 aliphatic heterocycles. The van der Waals surface area contributed by atoms with E-state index in [4.69, 9.17) is 23.2 Å². The van der Waals surface area contributed by atoms with Crippen LogP contribution in [-0.2, 0) is 6.54 Å². The van der Waals surface area contributed by atoms with E-state index in [1.807, 2.05) is 24.3 Å². The van der Waals surface area contributed by atoms with Gasteiger partial charge in [-0.1, -0.05) is 47.5 Å². The smallest absolute Gasteiger partial charge is 0.283 e. The molecule has 0 unspecified atom stereocenters. The van der Waals surface area contributed by atoms with E-state index < -0.39 is 0 Å². The van der Waals surface area contributed by atoms with Gasteiger partial charge in [0, 0.05) is 15.6 Å². The molecule has 29 heavy (non-hydrogen) atoms. The van der Waals surface area contributed by atoms with Crippen molar-refractivity contribution in [1.29, 1.82) is 0 Å². The molecular formula is C20H12Cl2N6O. The zero-order valence-electron chi connectivity index (χ0n) is 14.8. The Morgan fingerprint density at radius 3 is 2.28 bits per heavy atom. The average molecular weight is 423 g/mol. The monoisotopic (exact) mass is 422 g/mol. The summed E-state index contributed by atoms with van der Waals surface area (Å²) < 4.78 is 3.01. The molecule has 0 saturated heterocycles. The summed E-state index contributed by atoms with van der Waals surface area (Å²) in [4.78, 5) is 17.3. The van der Waals surface area contributed by atoms with Crippen molar-refractivity contribution < 1.29 is 0 Å². The molecule has 0 spiro atoms. The Labute approximate surface area is 174 Å². The van der Waals surface area contributed by atoms with Crippen molar-refractivity contribution in [2.45, 2.75) is 6.54 Å². The first-order chi connectivity index (χ1) is 14.1. The van der Waals surface area contributed by atoms with Crippen molar-refractivity contribution in [1.82, 2.24) is 29.4 Å². The quantitative estimate of drug-likeness (QED) is 0.441. The van der Waals surface area contributed by atoms with E-state index in [1.165, 1.54) is 15.4 Å². The molecule has 0 radical (unpaired) electrons. The van der Waals surface area contributed by atoms with Crippen LogP contribution in [0.5, 0.6) is 0 Å². The maximum absolute atomic E-state index is 12.9. The van der Waals surface area contributed by atoms with Gasteiger partial charge < -0.3 is 0 Å². The van der Waals surface area contributed by atoms with Gasteiger partial charge >= 0.3 is 0 Å². The first-order valence-corrected chi connectivity index (χ1v) is 9.46. The van der Waals surface area contributed by atoms with Crippen LogP contribution in [0.25, 0.3) is 27.9 Å². The summed E-state index contributed by atoms with van der Waals surface area (Å²) in [6, 6.07) is 14.6. The van der Waals surface area contributed by atoms with E-state index in [2.05, 4.69) is 20.3 Å². The first-order valence-electron chi connectivity index (χ1n) is 8.70. The van der Waals surface area contributed by atoms with Gasteiger partial charge in [0.05, 0.1) is 12.7 Å². The molecule has 3 heterocycles. The minimum atomic E-state index is -0.289. The SMILES string of the molecule is O=c1c2nnc3c(-c4ccc(Cl)cc4)cnn3c2ncn1Cc1ccc(Cl)cc1. The third-order valence-electron chi connectivity index (χ3n) is 4.61. The lowest BCUT2D eigenvalue weighted by atomic mass is 10.1. The zero-order chi connectivity index (χ0) is 20.0. The van der Waals surface area contributed by atoms with Crippen molar-refractivity contribution in [2.24, 2.45) is 0 Å². The number of rotatable bonds is 3. The maximum Gasteiger partial charge on any atom is 0.283 e. The summed E-state index contributed by atoms with van der Waals surface area (Å²) in [5, 5.41) is 14.0. The van der Waals surface area contributed by atoms with E-state index in [0.29, 0.717) is 27.9 Å². The minimum Gasteiger partial charge on any atom is -0.293 e. The number of aromatic nitrogens is 6. The van der Waals surface area contributed by atoms with Crippen molar-refractivity contribution in [3.63, 3.8) is 0 Å². The van der Waals surface area contributed by atoms with Crippen molar-refractivity contribution in [3.8, 4) is 11.1 Å². The van der Waals surface area contributed by atoms with Crippen LogP contribution in [0.4, 0.5) is 0 Å². The molecule has 0 N–H and O–H groups in total. The number of fused-ring (bicyclic) bond motifs is 3. The van der Waals surface area contributed by atoms with Gasteiger partial charge in [-0.3, -0.25) is 9.36 Å². The number of nitrogens with zero attached hydrogens (tertiary/aromatic N) is 6. The summed E-state index contributed by atoms with van der Waals surface area (Å²) >= 11 is 11.9. The van der Waals surface area contributed by atoms with E-state index in [-0.39, 0.29) is 11.1 Å². The van der Waals surface area contributed by atoms with Gasteiger partial charge in [0.1, 0.15) is 6.33 Å². The summed E-state index contributed by atoms with van der Waals surface area (Å²) in [5.41, 5.74) is 3.34. The molecule has 9 heteroatoms. The fourth-order valence-electron chi connectivity index (χ4n) is 3.13. The predicted octanol–water partition coefficient (Wildman–Crippen LogP) is 3.86. The van der Waals surface area contributed by atoms with E-state index in [9.17, 15) is 4.79 Å². The molecule has 5 aromatic rings. The maximum atomic E-state index is 12.9. The fraction of sp³-hybridized carbons (Fsp3) is 0.0500. The largest absolute Gasteiger partial charge is 0.293 e. The summed E-state index contributed by atoms with van der Waals surface area (Å²) in [7, 11) is 0. The fourth-order valence-corrected chi connectivity index (χ4v) is 3.39. The number of hydrogen-bond acceptors (Lipinski definition) is 5. The normalized spacial score (nSPS) is 11.4. The lowest BCUT2D eigenvalue weighted by molar-refractivity contribution is 0.737. The van der Waals surface area contributed by atoms with Gasteiger partial charge in [0.25, 0.3) is 5.56 Å². The Morgan fingerprint density at radius 1 is 0.862 bits per heavy atom. The standard InChI is InChI=1S/C20H12Cl2N6O/c21-14-5-1-12(2-6-14)10-27-11-23-19-17(20(27)29)25-26-18-16(9-24-28(18)19)13-3-7-15(22)8-4-13/h1-9,11H,10H2. The molecule has 3 aromatic heterocycles. The van der Waals surface area contributed by atoms with Crippen LogP contribution in [0, 0.1) is 0 Å². The van der Waals surface area contributed by atoms with E-state index in [1.54, 1.807) is 30.5 Å². The van der Waals surface area contributed by atoms with Gasteiger partial charge in [-0.2, -0.15) is 9.61 Å². The van der Waals surface area contributed by atoms with Gasteiger partial charge in [0.2, 0.25) is 0 Å². The van der Waals surface area contributed by atoms with Crippen LogP contribution in [0.15, 0.2) is 65.8 Å². The number of hydrogen-bond donors (Lipinski definition) is 0. The average Bonchev–Trinajstić information content (AvgIpc) is 3.17. The molecule has 0 saturated carbocycles. The predicted molar refractivity (Wildman–Crippen MR) is 111 cm³/mol. The number of benzene rings is 2. The molecule has 7 nitrogen and oxygen atoms in total. The highest BCUT2D eigenvalue weighted by atomic mass is 35.5. The molecule has 0 aliphatic rings. The first kappa shape index (κ1) is 17.8. The third kappa shape index (κ3) is 3.14. The van der Waals surface area contributed by atoms with Gasteiger partial charge in [-0.25, -0.2) is 4.98 Å². The molecule has 5 rings (SSSR count). The molecule has 0 aliphatic carbocycles. The lowest BCUT2D eigenvalue weighted by Gasteiger charge is -2.07. The van der Waals surface area contributed by atoms with Crippen LogP contribution in [0.2, 0.25) is 10.0 Å². The molecule has 0 atom stereocenters. The summed E-state index contributed by atoms with van der Waals surface area (Å²) in [6.45, 7) is 0.355. The Balaban J connectivity index is 1.61. The number of halogens is 2. The van der Waals surface area contributed by atoms with Gasteiger partial charge in [-0.05, 0) is 35.4 Å². The van der Waals surface area contributed by atoms with Gasteiger partial charge in [0.15, 0.2) is 16.8 Å². The van der Waals surface area contributed by atoms with Crippen LogP contribution in [0.3, 0.4) is 0 Å². The van der Waals surface area contributed by atoms with E-state index in [0.717, 1.165) is 16.7 Å². The summed E-state index contributed by atoms with van der Waals surface area (Å²) in [5.74, 6) is 0. The Kier molecular flexibility index (Phi) is 4.26. The molecule has 0 bridgehead atoms. The summed E-state index contributed by atoms with van der Waals surface area (Å²) in [6.07, 6.45) is 3.16. The molecule has 2 aromatic carbocycles. The van der Waals surface area contributed by atoms with Crippen LogP contribution in [0.1, 0.15) is 5.56 Å². The highest BCUT2D eigenvalue weighted by Crippen LogP contribution is 2.25. The van der Waals surface area contributed by atoms with E-state index >= 15 is 0 Å². The second-order valence-electron chi connectivity index (χ2n) is 6.48. The van der Waals surface area contributed by atoms with Crippen molar-refractivity contribution in [3.05, 3.63) is 87.0 Å². The van der Waals surface area contributed by atoms with Crippen LogP contribution < -0.4 is 5.56 Å². The molecular weight excluding hydrogens is 411 g/mol. The Morgan fingerprint density at radius 2 is 1.55 bits per heavy atom. The van der Waals surface area contributed by atoms with Crippen molar-refractivity contribution >= 4 is 40.0 Å². The highest BCUT2D eigenvalue weighted by molar-refractivity contribution is 6.30. The zero-order valence-corrected chi connectivity index (χ0v) is 16.3. The second kappa shape index (κ2) is 6.95.